The molecule has 0 N–H and O–H groups in total. The van der Waals surface area contributed by atoms with E-state index in [1.165, 1.54) is 12.1 Å². The van der Waals surface area contributed by atoms with Crippen LogP contribution < -0.4 is 4.74 Å². The predicted octanol–water partition coefficient (Wildman–Crippen LogP) is 4.94. The summed E-state index contributed by atoms with van der Waals surface area (Å²) in [6, 6.07) is 6.50. The second-order valence-corrected chi connectivity index (χ2v) is 6.93. The number of rotatable bonds is 6. The minimum Gasteiger partial charge on any atom is -0.488 e. The third kappa shape index (κ3) is 4.23. The first kappa shape index (κ1) is 18.4. The van der Waals surface area contributed by atoms with E-state index in [1.807, 2.05) is 13.0 Å². The summed E-state index contributed by atoms with van der Waals surface area (Å²) in [5.74, 6) is 0.577. The van der Waals surface area contributed by atoms with Gasteiger partial charge in [-0.1, -0.05) is 23.9 Å². The van der Waals surface area contributed by atoms with E-state index in [-0.39, 0.29) is 11.8 Å². The highest BCUT2D eigenvalue weighted by molar-refractivity contribution is 8.10. The largest absolute Gasteiger partial charge is 0.488 e. The van der Waals surface area contributed by atoms with Crippen molar-refractivity contribution in [3.63, 3.8) is 0 Å². The summed E-state index contributed by atoms with van der Waals surface area (Å²) in [5, 5.41) is 13.8. The molecule has 7 heteroatoms. The van der Waals surface area contributed by atoms with Gasteiger partial charge in [-0.3, -0.25) is 10.1 Å². The third-order valence-corrected chi connectivity index (χ3v) is 4.86. The Bertz CT molecular complexity index is 879. The van der Waals surface area contributed by atoms with Crippen LogP contribution in [0.2, 0.25) is 0 Å². The van der Waals surface area contributed by atoms with Crippen LogP contribution in [-0.4, -0.2) is 29.7 Å². The summed E-state index contributed by atoms with van der Waals surface area (Å²) in [6.07, 6.45) is 6.07. The fourth-order valence-corrected chi connectivity index (χ4v) is 3.54. The van der Waals surface area contributed by atoms with Gasteiger partial charge in [0, 0.05) is 35.6 Å². The van der Waals surface area contributed by atoms with Crippen molar-refractivity contribution in [2.45, 2.75) is 25.9 Å². The Labute approximate surface area is 156 Å². The summed E-state index contributed by atoms with van der Waals surface area (Å²) >= 11 is 1.62. The molecular weight excluding hydrogens is 352 g/mol. The Morgan fingerprint density at radius 1 is 1.35 bits per heavy atom. The predicted molar refractivity (Wildman–Crippen MR) is 104 cm³/mol. The van der Waals surface area contributed by atoms with Crippen LogP contribution in [0.4, 0.5) is 5.69 Å². The topological polar surface area (TPSA) is 74.5 Å². The first-order valence-corrected chi connectivity index (χ1v) is 9.23. The SMILES string of the molecule is COCC(C)Oc1cc(C2=CCCC=CS2)nc2ccc([N+](=O)[O-])cc12. The van der Waals surface area contributed by atoms with Crippen molar-refractivity contribution in [1.29, 1.82) is 0 Å². The molecule has 3 rings (SSSR count). The van der Waals surface area contributed by atoms with Crippen LogP contribution in [0, 0.1) is 10.1 Å². The van der Waals surface area contributed by atoms with Crippen molar-refractivity contribution < 1.29 is 14.4 Å². The Balaban J connectivity index is 2.10. The zero-order valence-corrected chi connectivity index (χ0v) is 15.5. The lowest BCUT2D eigenvalue weighted by Gasteiger charge is -2.17. The van der Waals surface area contributed by atoms with Gasteiger partial charge in [-0.15, -0.1) is 0 Å². The van der Waals surface area contributed by atoms with Gasteiger partial charge >= 0.3 is 0 Å². The average Bonchev–Trinajstić information content (AvgIpc) is 2.90. The second kappa shape index (κ2) is 8.33. The first-order chi connectivity index (χ1) is 12.6. The number of ether oxygens (including phenoxy) is 2. The molecule has 2 aromatic rings. The molecule has 136 valence electrons. The molecule has 1 aliphatic heterocycles. The van der Waals surface area contributed by atoms with E-state index >= 15 is 0 Å². The molecule has 0 bridgehead atoms. The first-order valence-electron chi connectivity index (χ1n) is 8.35. The molecule has 1 aromatic heterocycles. The molecule has 0 spiro atoms. The summed E-state index contributed by atoms with van der Waals surface area (Å²) in [6.45, 7) is 2.32. The van der Waals surface area contributed by atoms with Gasteiger partial charge in [0.15, 0.2) is 0 Å². The van der Waals surface area contributed by atoms with Gasteiger partial charge in [-0.05, 0) is 31.2 Å². The number of fused-ring (bicyclic) bond motifs is 1. The number of pyridine rings is 1. The van der Waals surface area contributed by atoms with Crippen molar-refractivity contribution in [2.24, 2.45) is 0 Å². The standard InChI is InChI=1S/C19H20N2O4S/c1-13(12-24-2)25-18-11-17(19-6-4-3-5-9-26-19)20-16-8-7-14(21(22)23)10-15(16)18/h5-11,13H,3-4,12H2,1-2H3. The molecule has 1 atom stereocenters. The Hall–Kier alpha value is -2.38. The van der Waals surface area contributed by atoms with Gasteiger partial charge in [-0.25, -0.2) is 4.98 Å². The minimum absolute atomic E-state index is 0.0160. The smallest absolute Gasteiger partial charge is 0.270 e. The molecule has 1 unspecified atom stereocenters. The monoisotopic (exact) mass is 372 g/mol. The van der Waals surface area contributed by atoms with E-state index < -0.39 is 4.92 Å². The highest BCUT2D eigenvalue weighted by Crippen LogP contribution is 2.36. The van der Waals surface area contributed by atoms with Crippen molar-refractivity contribution in [1.82, 2.24) is 4.98 Å². The lowest BCUT2D eigenvalue weighted by molar-refractivity contribution is -0.384. The number of nitrogens with zero attached hydrogens (tertiary/aromatic N) is 2. The van der Waals surface area contributed by atoms with Crippen LogP contribution in [0.25, 0.3) is 15.8 Å². The van der Waals surface area contributed by atoms with Crippen LogP contribution in [0.5, 0.6) is 5.75 Å². The number of allylic oxidation sites excluding steroid dienone is 2. The van der Waals surface area contributed by atoms with Crippen molar-refractivity contribution in [3.05, 3.63) is 57.6 Å². The molecule has 0 aliphatic carbocycles. The Morgan fingerprint density at radius 2 is 2.19 bits per heavy atom. The number of nitro groups is 1. The van der Waals surface area contributed by atoms with Crippen LogP contribution in [-0.2, 0) is 4.74 Å². The van der Waals surface area contributed by atoms with Crippen molar-refractivity contribution in [3.8, 4) is 5.75 Å². The number of thioether (sulfide) groups is 1. The molecule has 26 heavy (non-hydrogen) atoms. The maximum atomic E-state index is 11.1. The highest BCUT2D eigenvalue weighted by Gasteiger charge is 2.16. The molecule has 1 aromatic carbocycles. The number of nitro benzene ring substituents is 1. The van der Waals surface area contributed by atoms with Gasteiger partial charge < -0.3 is 9.47 Å². The number of aromatic nitrogens is 1. The van der Waals surface area contributed by atoms with Crippen LogP contribution >= 0.6 is 11.8 Å². The molecule has 0 saturated heterocycles. The summed E-state index contributed by atoms with van der Waals surface area (Å²) in [7, 11) is 1.61. The summed E-state index contributed by atoms with van der Waals surface area (Å²) in [5.41, 5.74) is 1.49. The third-order valence-electron chi connectivity index (χ3n) is 3.90. The van der Waals surface area contributed by atoms with Crippen LogP contribution in [0.3, 0.4) is 0 Å². The van der Waals surface area contributed by atoms with E-state index in [2.05, 4.69) is 17.6 Å². The van der Waals surface area contributed by atoms with Crippen molar-refractivity contribution in [2.75, 3.05) is 13.7 Å². The number of hydrogen-bond donors (Lipinski definition) is 0. The van der Waals surface area contributed by atoms with E-state index in [1.54, 1.807) is 24.9 Å². The van der Waals surface area contributed by atoms with Gasteiger partial charge in [0.05, 0.1) is 22.7 Å². The maximum absolute atomic E-state index is 11.1. The van der Waals surface area contributed by atoms with E-state index in [0.29, 0.717) is 23.3 Å². The Morgan fingerprint density at radius 3 is 2.96 bits per heavy atom. The molecule has 0 amide bonds. The van der Waals surface area contributed by atoms with Gasteiger partial charge in [0.1, 0.15) is 11.9 Å². The number of methoxy groups -OCH3 is 1. The minimum atomic E-state index is -0.413. The van der Waals surface area contributed by atoms with E-state index in [0.717, 1.165) is 23.4 Å². The number of non-ortho nitro benzene ring substituents is 1. The van der Waals surface area contributed by atoms with Crippen molar-refractivity contribution >= 4 is 33.3 Å². The molecule has 0 fully saturated rings. The quantitative estimate of drug-likeness (QED) is 0.528. The molecule has 6 nitrogen and oxygen atoms in total. The Kier molecular flexibility index (Phi) is 5.90. The lowest BCUT2D eigenvalue weighted by Crippen LogP contribution is -2.18. The van der Waals surface area contributed by atoms with Gasteiger partial charge in [-0.2, -0.15) is 0 Å². The molecule has 0 saturated carbocycles. The van der Waals surface area contributed by atoms with Gasteiger partial charge in [0.25, 0.3) is 5.69 Å². The zero-order valence-electron chi connectivity index (χ0n) is 14.7. The lowest BCUT2D eigenvalue weighted by atomic mass is 10.1. The fraction of sp³-hybridized carbons (Fsp3) is 0.316. The fourth-order valence-electron chi connectivity index (χ4n) is 2.72. The van der Waals surface area contributed by atoms with Gasteiger partial charge in [0.2, 0.25) is 0 Å². The maximum Gasteiger partial charge on any atom is 0.270 e. The second-order valence-electron chi connectivity index (χ2n) is 5.98. The number of hydrogen-bond acceptors (Lipinski definition) is 6. The molecular formula is C19H20N2O4S. The summed E-state index contributed by atoms with van der Waals surface area (Å²) < 4.78 is 11.2. The highest BCUT2D eigenvalue weighted by atomic mass is 32.2. The van der Waals surface area contributed by atoms with E-state index in [4.69, 9.17) is 14.5 Å². The molecule has 0 radical (unpaired) electrons. The molecule has 2 heterocycles. The number of benzene rings is 1. The zero-order chi connectivity index (χ0) is 18.5. The van der Waals surface area contributed by atoms with E-state index in [9.17, 15) is 10.1 Å². The van der Waals surface area contributed by atoms with Crippen LogP contribution in [0.1, 0.15) is 25.5 Å². The normalized spacial score (nSPS) is 15.4. The average molecular weight is 372 g/mol. The van der Waals surface area contributed by atoms with Crippen LogP contribution in [0.15, 0.2) is 41.8 Å². The molecule has 1 aliphatic rings. The summed E-state index contributed by atoms with van der Waals surface area (Å²) in [4.78, 5) is 16.5.